The predicted molar refractivity (Wildman–Crippen MR) is 78.9 cm³/mol. The zero-order valence-electron chi connectivity index (χ0n) is 12.2. The van der Waals surface area contributed by atoms with Crippen LogP contribution in [0.5, 0.6) is 0 Å². The SMILES string of the molecule is CC(C(=O)O)C(=O)N(C)CCCc1nc2ccccc2[nH]1. The largest absolute Gasteiger partial charge is 0.481 e. The molecule has 112 valence electrons. The maximum Gasteiger partial charge on any atom is 0.315 e. The third-order valence-corrected chi connectivity index (χ3v) is 3.46. The van der Waals surface area contributed by atoms with E-state index in [1.54, 1.807) is 7.05 Å². The third kappa shape index (κ3) is 3.59. The first kappa shape index (κ1) is 15.0. The minimum atomic E-state index is -1.09. The number of nitrogens with zero attached hydrogens (tertiary/aromatic N) is 2. The van der Waals surface area contributed by atoms with Gasteiger partial charge in [-0.1, -0.05) is 12.1 Å². The van der Waals surface area contributed by atoms with Gasteiger partial charge in [-0.15, -0.1) is 0 Å². The highest BCUT2D eigenvalue weighted by atomic mass is 16.4. The van der Waals surface area contributed by atoms with E-state index >= 15 is 0 Å². The zero-order valence-corrected chi connectivity index (χ0v) is 12.2. The van der Waals surface area contributed by atoms with Crippen molar-refractivity contribution in [1.29, 1.82) is 0 Å². The van der Waals surface area contributed by atoms with Crippen LogP contribution in [0, 0.1) is 5.92 Å². The van der Waals surface area contributed by atoms with E-state index in [2.05, 4.69) is 9.97 Å². The molecule has 0 saturated heterocycles. The summed E-state index contributed by atoms with van der Waals surface area (Å²) in [5.41, 5.74) is 1.92. The van der Waals surface area contributed by atoms with Crippen molar-refractivity contribution in [2.24, 2.45) is 5.92 Å². The Hall–Kier alpha value is -2.37. The number of fused-ring (bicyclic) bond motifs is 1. The van der Waals surface area contributed by atoms with Crippen LogP contribution in [0.2, 0.25) is 0 Å². The second-order valence-corrected chi connectivity index (χ2v) is 5.12. The van der Waals surface area contributed by atoms with Crippen LogP contribution in [0.25, 0.3) is 11.0 Å². The van der Waals surface area contributed by atoms with Crippen LogP contribution in [-0.4, -0.2) is 45.4 Å². The number of hydrogen-bond donors (Lipinski definition) is 2. The van der Waals surface area contributed by atoms with E-state index in [4.69, 9.17) is 5.11 Å². The van der Waals surface area contributed by atoms with Crippen molar-refractivity contribution < 1.29 is 14.7 Å². The lowest BCUT2D eigenvalue weighted by Crippen LogP contribution is -2.36. The number of para-hydroxylation sites is 2. The molecule has 0 radical (unpaired) electrons. The minimum Gasteiger partial charge on any atom is -0.481 e. The van der Waals surface area contributed by atoms with Crippen LogP contribution >= 0.6 is 0 Å². The molecule has 1 atom stereocenters. The molecule has 1 unspecified atom stereocenters. The fraction of sp³-hybridized carbons (Fsp3) is 0.400. The second kappa shape index (κ2) is 6.39. The van der Waals surface area contributed by atoms with E-state index in [9.17, 15) is 9.59 Å². The molecule has 2 aromatic rings. The summed E-state index contributed by atoms with van der Waals surface area (Å²) < 4.78 is 0. The Morgan fingerprint density at radius 1 is 1.38 bits per heavy atom. The predicted octanol–water partition coefficient (Wildman–Crippen LogP) is 1.67. The Kier molecular flexibility index (Phi) is 4.57. The van der Waals surface area contributed by atoms with Gasteiger partial charge < -0.3 is 15.0 Å². The number of aromatic nitrogens is 2. The lowest BCUT2D eigenvalue weighted by molar-refractivity contribution is -0.149. The molecule has 0 aliphatic rings. The summed E-state index contributed by atoms with van der Waals surface area (Å²) in [5, 5.41) is 8.82. The Bertz CT molecular complexity index is 617. The van der Waals surface area contributed by atoms with Gasteiger partial charge in [0.15, 0.2) is 0 Å². The number of amides is 1. The quantitative estimate of drug-likeness (QED) is 0.792. The first-order valence-electron chi connectivity index (χ1n) is 6.90. The number of carboxylic acids is 1. The van der Waals surface area contributed by atoms with E-state index in [0.717, 1.165) is 23.3 Å². The Morgan fingerprint density at radius 3 is 2.76 bits per heavy atom. The summed E-state index contributed by atoms with van der Waals surface area (Å²) in [6.45, 7) is 1.91. The number of hydrogen-bond acceptors (Lipinski definition) is 3. The summed E-state index contributed by atoms with van der Waals surface area (Å²) in [4.78, 5) is 31.7. The molecular weight excluding hydrogens is 270 g/mol. The van der Waals surface area contributed by atoms with Crippen molar-refractivity contribution >= 4 is 22.9 Å². The molecule has 1 aromatic carbocycles. The summed E-state index contributed by atoms with van der Waals surface area (Å²) in [7, 11) is 1.63. The molecule has 0 spiro atoms. The molecule has 2 N–H and O–H groups in total. The summed E-state index contributed by atoms with van der Waals surface area (Å²) in [6.07, 6.45) is 1.45. The molecular formula is C15H19N3O3. The van der Waals surface area contributed by atoms with Crippen LogP contribution < -0.4 is 0 Å². The number of carbonyl (C=O) groups is 2. The fourth-order valence-electron chi connectivity index (χ4n) is 2.15. The molecule has 2 rings (SSSR count). The van der Waals surface area contributed by atoms with Gasteiger partial charge in [0.05, 0.1) is 11.0 Å². The first-order valence-corrected chi connectivity index (χ1v) is 6.90. The molecule has 1 amide bonds. The number of aliphatic carboxylic acids is 1. The molecule has 1 heterocycles. The minimum absolute atomic E-state index is 0.368. The standard InChI is InChI=1S/C15H19N3O3/c1-10(15(20)21)14(19)18(2)9-5-8-13-16-11-6-3-4-7-12(11)17-13/h3-4,6-7,10H,5,8-9H2,1-2H3,(H,16,17)(H,20,21). The van der Waals surface area contributed by atoms with Crippen molar-refractivity contribution in [3.05, 3.63) is 30.1 Å². The monoisotopic (exact) mass is 289 g/mol. The van der Waals surface area contributed by atoms with Crippen LogP contribution in [0.4, 0.5) is 0 Å². The van der Waals surface area contributed by atoms with Crippen molar-refractivity contribution in [3.63, 3.8) is 0 Å². The third-order valence-electron chi connectivity index (χ3n) is 3.46. The molecule has 21 heavy (non-hydrogen) atoms. The van der Waals surface area contributed by atoms with Crippen LogP contribution in [-0.2, 0) is 16.0 Å². The van der Waals surface area contributed by atoms with Gasteiger partial charge in [-0.05, 0) is 25.5 Å². The highest BCUT2D eigenvalue weighted by Gasteiger charge is 2.23. The Morgan fingerprint density at radius 2 is 2.10 bits per heavy atom. The first-order chi connectivity index (χ1) is 9.99. The topological polar surface area (TPSA) is 86.3 Å². The second-order valence-electron chi connectivity index (χ2n) is 5.12. The average Bonchev–Trinajstić information content (AvgIpc) is 2.87. The van der Waals surface area contributed by atoms with Crippen LogP contribution in [0.3, 0.4) is 0 Å². The number of carboxylic acid groups (broad SMARTS) is 1. The van der Waals surface area contributed by atoms with E-state index in [-0.39, 0.29) is 5.91 Å². The zero-order chi connectivity index (χ0) is 15.4. The number of benzene rings is 1. The van der Waals surface area contributed by atoms with Gasteiger partial charge in [0, 0.05) is 20.0 Å². The van der Waals surface area contributed by atoms with E-state index in [1.165, 1.54) is 11.8 Å². The maximum absolute atomic E-state index is 11.8. The number of aryl methyl sites for hydroxylation is 1. The molecule has 6 nitrogen and oxygen atoms in total. The Labute approximate surface area is 122 Å². The summed E-state index contributed by atoms with van der Waals surface area (Å²) >= 11 is 0. The van der Waals surface area contributed by atoms with Gasteiger partial charge in [-0.3, -0.25) is 9.59 Å². The molecule has 0 fully saturated rings. The number of nitrogens with one attached hydrogen (secondary N) is 1. The molecule has 0 aliphatic heterocycles. The number of aromatic amines is 1. The van der Waals surface area contributed by atoms with Crippen molar-refractivity contribution in [3.8, 4) is 0 Å². The van der Waals surface area contributed by atoms with Gasteiger partial charge >= 0.3 is 5.97 Å². The van der Waals surface area contributed by atoms with Gasteiger partial charge in [0.25, 0.3) is 0 Å². The molecule has 0 bridgehead atoms. The van der Waals surface area contributed by atoms with E-state index < -0.39 is 11.9 Å². The van der Waals surface area contributed by atoms with Gasteiger partial charge in [-0.2, -0.15) is 0 Å². The maximum atomic E-state index is 11.8. The number of imidazole rings is 1. The fourth-order valence-corrected chi connectivity index (χ4v) is 2.15. The highest BCUT2D eigenvalue weighted by molar-refractivity contribution is 5.96. The van der Waals surface area contributed by atoms with E-state index in [1.807, 2.05) is 24.3 Å². The van der Waals surface area contributed by atoms with E-state index in [0.29, 0.717) is 13.0 Å². The van der Waals surface area contributed by atoms with Gasteiger partial charge in [0.2, 0.25) is 5.91 Å². The number of carbonyl (C=O) groups excluding carboxylic acids is 1. The van der Waals surface area contributed by atoms with Gasteiger partial charge in [-0.25, -0.2) is 4.98 Å². The molecule has 0 aliphatic carbocycles. The molecule has 1 aromatic heterocycles. The lowest BCUT2D eigenvalue weighted by atomic mass is 10.1. The number of H-pyrrole nitrogens is 1. The molecule has 6 heteroatoms. The average molecular weight is 289 g/mol. The van der Waals surface area contributed by atoms with Crippen LogP contribution in [0.1, 0.15) is 19.2 Å². The van der Waals surface area contributed by atoms with Crippen LogP contribution in [0.15, 0.2) is 24.3 Å². The number of rotatable bonds is 6. The van der Waals surface area contributed by atoms with Crippen molar-refractivity contribution in [1.82, 2.24) is 14.9 Å². The van der Waals surface area contributed by atoms with Crippen molar-refractivity contribution in [2.45, 2.75) is 19.8 Å². The molecule has 0 saturated carbocycles. The lowest BCUT2D eigenvalue weighted by Gasteiger charge is -2.18. The normalized spacial score (nSPS) is 12.3. The smallest absolute Gasteiger partial charge is 0.315 e. The summed E-state index contributed by atoms with van der Waals surface area (Å²) in [5.74, 6) is -1.58. The summed E-state index contributed by atoms with van der Waals surface area (Å²) in [6, 6.07) is 7.80. The van der Waals surface area contributed by atoms with Gasteiger partial charge in [0.1, 0.15) is 11.7 Å². The Balaban J connectivity index is 1.86. The highest BCUT2D eigenvalue weighted by Crippen LogP contribution is 2.11. The van der Waals surface area contributed by atoms with Crippen molar-refractivity contribution in [2.75, 3.05) is 13.6 Å².